The fourth-order valence-corrected chi connectivity index (χ4v) is 12.1. The van der Waals surface area contributed by atoms with Crippen molar-refractivity contribution >= 4 is 80.1 Å². The molecule has 0 fully saturated rings. The minimum Gasteiger partial charge on any atom is -0.310 e. The largest absolute Gasteiger partial charge is 0.310 e. The van der Waals surface area contributed by atoms with Crippen LogP contribution in [-0.4, -0.2) is 0 Å². The number of thiophene rings is 2. The molecule has 1 aliphatic rings. The fourth-order valence-electron chi connectivity index (χ4n) is 9.75. The van der Waals surface area contributed by atoms with E-state index in [-0.39, 0.29) is 5.41 Å². The van der Waals surface area contributed by atoms with Crippen LogP contribution < -0.4 is 4.90 Å². The topological polar surface area (TPSA) is 3.24 Å². The van der Waals surface area contributed by atoms with Gasteiger partial charge in [0.2, 0.25) is 0 Å². The smallest absolute Gasteiger partial charge is 0.0465 e. The van der Waals surface area contributed by atoms with Crippen LogP contribution in [0, 0.1) is 0 Å². The fraction of sp³-hybridized carbons (Fsp3) is 0.0526. The van der Waals surface area contributed by atoms with Crippen LogP contribution in [0.15, 0.2) is 200 Å². The summed E-state index contributed by atoms with van der Waals surface area (Å²) in [6, 6.07) is 74.0. The summed E-state index contributed by atoms with van der Waals surface area (Å²) in [7, 11) is 0. The molecule has 12 rings (SSSR count). The van der Waals surface area contributed by atoms with E-state index in [1.165, 1.54) is 96.0 Å². The third-order valence-corrected chi connectivity index (χ3v) is 15.0. The third-order valence-electron chi connectivity index (χ3n) is 12.7. The second kappa shape index (κ2) is 13.6. The normalized spacial score (nSPS) is 13.0. The highest BCUT2D eigenvalue weighted by Crippen LogP contribution is 2.57. The molecule has 9 aromatic carbocycles. The van der Waals surface area contributed by atoms with E-state index in [1.54, 1.807) is 0 Å². The molecule has 284 valence electrons. The van der Waals surface area contributed by atoms with Crippen molar-refractivity contribution in [3.63, 3.8) is 0 Å². The lowest BCUT2D eigenvalue weighted by Crippen LogP contribution is -2.16. The molecular formula is C57H39NS2. The molecule has 3 heteroatoms. The third kappa shape index (κ3) is 5.43. The lowest BCUT2D eigenvalue weighted by molar-refractivity contribution is 0.661. The molecule has 0 amide bonds. The van der Waals surface area contributed by atoms with Gasteiger partial charge in [0.25, 0.3) is 0 Å². The van der Waals surface area contributed by atoms with Crippen molar-refractivity contribution in [3.8, 4) is 44.5 Å². The van der Waals surface area contributed by atoms with E-state index >= 15 is 0 Å². The van der Waals surface area contributed by atoms with Gasteiger partial charge in [-0.25, -0.2) is 0 Å². The molecular weight excluding hydrogens is 763 g/mol. The van der Waals surface area contributed by atoms with Crippen molar-refractivity contribution in [1.29, 1.82) is 0 Å². The van der Waals surface area contributed by atoms with E-state index in [0.29, 0.717) is 0 Å². The average Bonchev–Trinajstić information content (AvgIpc) is 3.94. The summed E-state index contributed by atoms with van der Waals surface area (Å²) in [6.07, 6.45) is 0. The van der Waals surface area contributed by atoms with Gasteiger partial charge in [0.15, 0.2) is 0 Å². The summed E-state index contributed by atoms with van der Waals surface area (Å²) >= 11 is 3.80. The first-order chi connectivity index (χ1) is 29.5. The SMILES string of the molecule is CC1(C)c2cc(N(c3ccc(-c4ccccc4)cc3)c3ccc(-c4cccc5c4sc4ccccc45)cc3)ccc2-c2c1cc1sc3ccccc3c1c2-c1ccccc1. The van der Waals surface area contributed by atoms with E-state index in [9.17, 15) is 0 Å². The Balaban J connectivity index is 1.03. The molecule has 0 atom stereocenters. The average molecular weight is 802 g/mol. The number of hydrogen-bond acceptors (Lipinski definition) is 3. The number of rotatable bonds is 6. The predicted octanol–water partition coefficient (Wildman–Crippen LogP) is 17.2. The van der Waals surface area contributed by atoms with Crippen molar-refractivity contribution in [2.75, 3.05) is 4.90 Å². The van der Waals surface area contributed by atoms with Gasteiger partial charge in [-0.15, -0.1) is 22.7 Å². The molecule has 0 N–H and O–H groups in total. The lowest BCUT2D eigenvalue weighted by Gasteiger charge is -2.28. The van der Waals surface area contributed by atoms with Gasteiger partial charge in [0.05, 0.1) is 0 Å². The Morgan fingerprint density at radius 2 is 0.933 bits per heavy atom. The molecule has 1 nitrogen and oxygen atoms in total. The summed E-state index contributed by atoms with van der Waals surface area (Å²) < 4.78 is 5.35. The van der Waals surface area contributed by atoms with Crippen molar-refractivity contribution in [3.05, 3.63) is 211 Å². The maximum Gasteiger partial charge on any atom is 0.0465 e. The van der Waals surface area contributed by atoms with Gasteiger partial charge in [0.1, 0.15) is 0 Å². The predicted molar refractivity (Wildman–Crippen MR) is 261 cm³/mol. The summed E-state index contributed by atoms with van der Waals surface area (Å²) in [5.41, 5.74) is 16.1. The second-order valence-electron chi connectivity index (χ2n) is 16.4. The van der Waals surface area contributed by atoms with Crippen LogP contribution in [0.5, 0.6) is 0 Å². The van der Waals surface area contributed by atoms with Crippen LogP contribution >= 0.6 is 22.7 Å². The Kier molecular flexibility index (Phi) is 8.00. The lowest BCUT2D eigenvalue weighted by atomic mass is 9.81. The van der Waals surface area contributed by atoms with Gasteiger partial charge in [-0.2, -0.15) is 0 Å². The zero-order valence-electron chi connectivity index (χ0n) is 33.3. The molecule has 2 aromatic heterocycles. The molecule has 0 unspecified atom stereocenters. The van der Waals surface area contributed by atoms with E-state index in [4.69, 9.17) is 0 Å². The maximum absolute atomic E-state index is 2.50. The van der Waals surface area contributed by atoms with Gasteiger partial charge in [-0.1, -0.05) is 159 Å². The Morgan fingerprint density at radius 3 is 1.65 bits per heavy atom. The Bertz CT molecular complexity index is 3430. The Hall–Kier alpha value is -6.78. The van der Waals surface area contributed by atoms with Gasteiger partial charge >= 0.3 is 0 Å². The van der Waals surface area contributed by atoms with Crippen LogP contribution in [0.25, 0.3) is 84.9 Å². The monoisotopic (exact) mass is 801 g/mol. The molecule has 0 spiro atoms. The summed E-state index contributed by atoms with van der Waals surface area (Å²) in [6.45, 7) is 4.83. The number of nitrogens with zero attached hydrogens (tertiary/aromatic N) is 1. The molecule has 0 saturated heterocycles. The first kappa shape index (κ1) is 35.2. The number of anilines is 3. The van der Waals surface area contributed by atoms with Crippen LogP contribution in [-0.2, 0) is 5.41 Å². The second-order valence-corrected chi connectivity index (χ2v) is 18.6. The standard InChI is InChI=1S/C57H39NS2/c1-57(2)48-34-42(32-33-46(48)54-49(57)35-52-55(47-19-10-12-23-51(47)59-52)53(54)39-16-7-4-8-17-39)58(40-28-24-37(25-29-40)36-14-5-3-6-15-36)41-30-26-38(27-31-41)43-20-13-21-45-44-18-9-11-22-50(44)60-56(43)45/h3-35H,1-2H3. The van der Waals surface area contributed by atoms with E-state index in [2.05, 4.69) is 219 Å². The van der Waals surface area contributed by atoms with E-state index in [1.807, 2.05) is 22.7 Å². The summed E-state index contributed by atoms with van der Waals surface area (Å²) in [5, 5.41) is 5.34. The van der Waals surface area contributed by atoms with Crippen LogP contribution in [0.1, 0.15) is 25.0 Å². The van der Waals surface area contributed by atoms with Crippen molar-refractivity contribution < 1.29 is 0 Å². The number of hydrogen-bond donors (Lipinski definition) is 0. The van der Waals surface area contributed by atoms with Gasteiger partial charge in [0, 0.05) is 62.8 Å². The van der Waals surface area contributed by atoms with Crippen molar-refractivity contribution in [2.24, 2.45) is 0 Å². The molecule has 0 bridgehead atoms. The van der Waals surface area contributed by atoms with Crippen molar-refractivity contribution in [1.82, 2.24) is 0 Å². The summed E-state index contributed by atoms with van der Waals surface area (Å²) in [5.74, 6) is 0. The number of benzene rings is 9. The molecule has 0 radical (unpaired) electrons. The van der Waals surface area contributed by atoms with Gasteiger partial charge < -0.3 is 4.90 Å². The highest BCUT2D eigenvalue weighted by Gasteiger charge is 2.39. The molecule has 2 heterocycles. The molecule has 0 saturated carbocycles. The van der Waals surface area contributed by atoms with Gasteiger partial charge in [-0.3, -0.25) is 0 Å². The molecule has 0 aliphatic heterocycles. The van der Waals surface area contributed by atoms with Crippen LogP contribution in [0.4, 0.5) is 17.1 Å². The highest BCUT2D eigenvalue weighted by atomic mass is 32.1. The van der Waals surface area contributed by atoms with Crippen molar-refractivity contribution in [2.45, 2.75) is 19.3 Å². The maximum atomic E-state index is 2.50. The van der Waals surface area contributed by atoms with Gasteiger partial charge in [-0.05, 0) is 110 Å². The highest BCUT2D eigenvalue weighted by molar-refractivity contribution is 7.26. The minimum absolute atomic E-state index is 0.218. The molecule has 60 heavy (non-hydrogen) atoms. The zero-order valence-corrected chi connectivity index (χ0v) is 34.9. The first-order valence-electron chi connectivity index (χ1n) is 20.7. The Morgan fingerprint density at radius 1 is 0.367 bits per heavy atom. The summed E-state index contributed by atoms with van der Waals surface area (Å²) in [4.78, 5) is 2.43. The van der Waals surface area contributed by atoms with E-state index in [0.717, 1.165) is 17.1 Å². The Labute approximate surface area is 358 Å². The zero-order chi connectivity index (χ0) is 40.0. The van der Waals surface area contributed by atoms with Crippen LogP contribution in [0.3, 0.4) is 0 Å². The quantitative estimate of drug-likeness (QED) is 0.162. The minimum atomic E-state index is -0.218. The first-order valence-corrected chi connectivity index (χ1v) is 22.3. The van der Waals surface area contributed by atoms with Crippen LogP contribution in [0.2, 0.25) is 0 Å². The molecule has 1 aliphatic carbocycles. The van der Waals surface area contributed by atoms with E-state index < -0.39 is 0 Å². The molecule has 11 aromatic rings. The number of fused-ring (bicyclic) bond motifs is 9.